The summed E-state index contributed by atoms with van der Waals surface area (Å²) in [6.07, 6.45) is 9.88. The maximum Gasteiger partial charge on any atom is 0.408 e. The van der Waals surface area contributed by atoms with Crippen LogP contribution in [0.4, 0.5) is 4.79 Å². The number of alkyl carbamates (subject to hydrolysis) is 1. The standard InChI is InChI=1S/C23H37NO4/c1-5-22(8-6-7-9-22)27-19(25)23(24-20(26)28-21(2,3)4)17-11-15-10-16(13-17)14-18(23)12-15/h15-18H,5-14H2,1-4H3,(H,24,26). The molecule has 0 radical (unpaired) electrons. The lowest BCUT2D eigenvalue weighted by atomic mass is 9.48. The van der Waals surface area contributed by atoms with Crippen molar-refractivity contribution in [2.24, 2.45) is 23.7 Å². The molecule has 0 heterocycles. The molecule has 5 nitrogen and oxygen atoms in total. The SMILES string of the molecule is CCC1(OC(=O)C2(NC(=O)OC(C)(C)C)C3CC4CC(C3)CC2C4)CCCC1. The van der Waals surface area contributed by atoms with Gasteiger partial charge in [0.25, 0.3) is 0 Å². The minimum absolute atomic E-state index is 0.180. The largest absolute Gasteiger partial charge is 0.457 e. The second-order valence-electron chi connectivity index (χ2n) is 10.9. The van der Waals surface area contributed by atoms with Gasteiger partial charge in [-0.05, 0) is 109 Å². The molecule has 5 aliphatic carbocycles. The third kappa shape index (κ3) is 3.43. The van der Waals surface area contributed by atoms with Crippen LogP contribution >= 0.6 is 0 Å². The van der Waals surface area contributed by atoms with Crippen molar-refractivity contribution in [3.05, 3.63) is 0 Å². The van der Waals surface area contributed by atoms with E-state index in [1.807, 2.05) is 20.8 Å². The van der Waals surface area contributed by atoms with Crippen LogP contribution in [0.5, 0.6) is 0 Å². The van der Waals surface area contributed by atoms with E-state index in [4.69, 9.17) is 9.47 Å². The van der Waals surface area contributed by atoms with Crippen LogP contribution in [0, 0.1) is 23.7 Å². The Morgan fingerprint density at radius 1 is 0.964 bits per heavy atom. The highest BCUT2D eigenvalue weighted by molar-refractivity contribution is 5.87. The second kappa shape index (κ2) is 6.91. The molecule has 5 rings (SSSR count). The summed E-state index contributed by atoms with van der Waals surface area (Å²) in [5.41, 5.74) is -1.83. The van der Waals surface area contributed by atoms with Crippen LogP contribution < -0.4 is 5.32 Å². The van der Waals surface area contributed by atoms with E-state index >= 15 is 0 Å². The summed E-state index contributed by atoms with van der Waals surface area (Å²) >= 11 is 0. The fourth-order valence-corrected chi connectivity index (χ4v) is 6.82. The number of carbonyl (C=O) groups excluding carboxylic acids is 2. The van der Waals surface area contributed by atoms with Crippen molar-refractivity contribution in [2.45, 2.75) is 109 Å². The van der Waals surface area contributed by atoms with Crippen molar-refractivity contribution in [3.63, 3.8) is 0 Å². The molecule has 0 aromatic carbocycles. The summed E-state index contributed by atoms with van der Waals surface area (Å²) in [5, 5.41) is 3.11. The lowest BCUT2D eigenvalue weighted by molar-refractivity contribution is -0.186. The predicted octanol–water partition coefficient (Wildman–Crippen LogP) is 4.97. The summed E-state index contributed by atoms with van der Waals surface area (Å²) in [6, 6.07) is 0. The topological polar surface area (TPSA) is 64.6 Å². The quantitative estimate of drug-likeness (QED) is 0.687. The average Bonchev–Trinajstić information content (AvgIpc) is 3.05. The lowest BCUT2D eigenvalue weighted by Gasteiger charge is -2.59. The first-order chi connectivity index (χ1) is 13.2. The molecule has 28 heavy (non-hydrogen) atoms. The van der Waals surface area contributed by atoms with Gasteiger partial charge in [0.1, 0.15) is 16.7 Å². The molecule has 0 unspecified atom stereocenters. The molecule has 158 valence electrons. The summed E-state index contributed by atoms with van der Waals surface area (Å²) in [6.45, 7) is 7.70. The number of carbonyl (C=O) groups is 2. The van der Waals surface area contributed by atoms with Crippen LogP contribution in [0.15, 0.2) is 0 Å². The maximum atomic E-state index is 13.8. The van der Waals surface area contributed by atoms with E-state index in [9.17, 15) is 9.59 Å². The third-order valence-electron chi connectivity index (χ3n) is 7.94. The zero-order valence-corrected chi connectivity index (χ0v) is 18.0. The van der Waals surface area contributed by atoms with Crippen LogP contribution in [-0.4, -0.2) is 28.8 Å². The highest BCUT2D eigenvalue weighted by atomic mass is 16.6. The molecule has 0 saturated heterocycles. The summed E-state index contributed by atoms with van der Waals surface area (Å²) in [5.74, 6) is 1.58. The van der Waals surface area contributed by atoms with Crippen molar-refractivity contribution in [1.82, 2.24) is 5.32 Å². The monoisotopic (exact) mass is 391 g/mol. The van der Waals surface area contributed by atoms with Crippen molar-refractivity contribution in [3.8, 4) is 0 Å². The van der Waals surface area contributed by atoms with E-state index in [2.05, 4.69) is 12.2 Å². The number of ether oxygens (including phenoxy) is 2. The average molecular weight is 392 g/mol. The van der Waals surface area contributed by atoms with Crippen molar-refractivity contribution in [2.75, 3.05) is 0 Å². The molecule has 0 aromatic rings. The minimum Gasteiger partial charge on any atom is -0.457 e. The van der Waals surface area contributed by atoms with E-state index < -0.39 is 17.2 Å². The number of hydrogen-bond acceptors (Lipinski definition) is 4. The Hall–Kier alpha value is -1.26. The Morgan fingerprint density at radius 3 is 1.96 bits per heavy atom. The number of nitrogens with one attached hydrogen (secondary N) is 1. The van der Waals surface area contributed by atoms with Crippen molar-refractivity contribution in [1.29, 1.82) is 0 Å². The van der Waals surface area contributed by atoms with Gasteiger partial charge in [-0.3, -0.25) is 0 Å². The van der Waals surface area contributed by atoms with Gasteiger partial charge < -0.3 is 14.8 Å². The molecule has 5 saturated carbocycles. The van der Waals surface area contributed by atoms with Gasteiger partial charge in [0, 0.05) is 0 Å². The number of esters is 1. The van der Waals surface area contributed by atoms with E-state index in [1.54, 1.807) is 0 Å². The molecule has 0 aromatic heterocycles. The summed E-state index contributed by atoms with van der Waals surface area (Å²) < 4.78 is 11.9. The van der Waals surface area contributed by atoms with Crippen LogP contribution in [0.2, 0.25) is 0 Å². The predicted molar refractivity (Wildman–Crippen MR) is 107 cm³/mol. The zero-order chi connectivity index (χ0) is 20.2. The van der Waals surface area contributed by atoms with E-state index in [0.29, 0.717) is 11.8 Å². The third-order valence-corrected chi connectivity index (χ3v) is 7.94. The summed E-state index contributed by atoms with van der Waals surface area (Å²) in [7, 11) is 0. The van der Waals surface area contributed by atoms with E-state index in [0.717, 1.165) is 57.8 Å². The Bertz CT molecular complexity index is 601. The molecule has 0 spiro atoms. The molecule has 1 amide bonds. The van der Waals surface area contributed by atoms with Gasteiger partial charge in [0.05, 0.1) is 0 Å². The number of rotatable bonds is 4. The second-order valence-corrected chi connectivity index (χ2v) is 10.9. The maximum absolute atomic E-state index is 13.8. The molecule has 4 bridgehead atoms. The van der Waals surface area contributed by atoms with Gasteiger partial charge in [-0.1, -0.05) is 6.92 Å². The van der Waals surface area contributed by atoms with Crippen LogP contribution in [-0.2, 0) is 14.3 Å². The Balaban J connectivity index is 1.62. The molecule has 0 atom stereocenters. The molecule has 1 N–H and O–H groups in total. The van der Waals surface area contributed by atoms with E-state index in [1.165, 1.54) is 6.42 Å². The van der Waals surface area contributed by atoms with Gasteiger partial charge in [-0.25, -0.2) is 9.59 Å². The smallest absolute Gasteiger partial charge is 0.408 e. The van der Waals surface area contributed by atoms with Gasteiger partial charge in [0.2, 0.25) is 0 Å². The van der Waals surface area contributed by atoms with Gasteiger partial charge in [-0.15, -0.1) is 0 Å². The highest BCUT2D eigenvalue weighted by Gasteiger charge is 2.63. The molecular weight excluding hydrogens is 354 g/mol. The van der Waals surface area contributed by atoms with Crippen molar-refractivity contribution >= 4 is 12.1 Å². The minimum atomic E-state index is -0.902. The van der Waals surface area contributed by atoms with E-state index in [-0.39, 0.29) is 23.4 Å². The van der Waals surface area contributed by atoms with Gasteiger partial charge >= 0.3 is 12.1 Å². The highest BCUT2D eigenvalue weighted by Crippen LogP contribution is 2.59. The fourth-order valence-electron chi connectivity index (χ4n) is 6.82. The number of amides is 1. The van der Waals surface area contributed by atoms with Gasteiger partial charge in [0.15, 0.2) is 0 Å². The molecule has 5 heteroatoms. The molecule has 0 aliphatic heterocycles. The lowest BCUT2D eigenvalue weighted by Crippen LogP contribution is -2.71. The first kappa shape index (κ1) is 20.0. The molecular formula is C23H37NO4. The Labute approximate surface area is 169 Å². The fraction of sp³-hybridized carbons (Fsp3) is 0.913. The first-order valence-corrected chi connectivity index (χ1v) is 11.4. The Morgan fingerprint density at radius 2 is 1.50 bits per heavy atom. The van der Waals surface area contributed by atoms with Crippen LogP contribution in [0.1, 0.15) is 91.9 Å². The van der Waals surface area contributed by atoms with Gasteiger partial charge in [-0.2, -0.15) is 0 Å². The molecule has 5 aliphatic rings. The number of hydrogen-bond donors (Lipinski definition) is 1. The zero-order valence-electron chi connectivity index (χ0n) is 18.0. The molecule has 5 fully saturated rings. The summed E-state index contributed by atoms with van der Waals surface area (Å²) in [4.78, 5) is 26.6. The Kier molecular flexibility index (Phi) is 4.95. The first-order valence-electron chi connectivity index (χ1n) is 11.4. The van der Waals surface area contributed by atoms with Crippen LogP contribution in [0.3, 0.4) is 0 Å². The normalized spacial score (nSPS) is 38.3. The van der Waals surface area contributed by atoms with Crippen LogP contribution in [0.25, 0.3) is 0 Å². The van der Waals surface area contributed by atoms with Crippen molar-refractivity contribution < 1.29 is 19.1 Å².